The highest BCUT2D eigenvalue weighted by Crippen LogP contribution is 2.35. The summed E-state index contributed by atoms with van der Waals surface area (Å²) in [6.07, 6.45) is 6.74. The normalized spacial score (nSPS) is 14.1. The Bertz CT molecular complexity index is 1080. The number of benzene rings is 2. The average Bonchev–Trinajstić information content (AvgIpc) is 3.32. The molecule has 1 amide bonds. The molecule has 1 aliphatic carbocycles. The van der Waals surface area contributed by atoms with Crippen LogP contribution in [0, 0.1) is 0 Å². The van der Waals surface area contributed by atoms with Crippen LogP contribution < -0.4 is 4.90 Å². The highest BCUT2D eigenvalue weighted by molar-refractivity contribution is 6.30. The number of hydrogen-bond acceptors (Lipinski definition) is 5. The van der Waals surface area contributed by atoms with Gasteiger partial charge in [-0.1, -0.05) is 66.4 Å². The Hall–Kier alpha value is -2.83. The molecule has 6 nitrogen and oxygen atoms in total. The van der Waals surface area contributed by atoms with Gasteiger partial charge in [-0.3, -0.25) is 4.79 Å². The molecule has 1 saturated carbocycles. The van der Waals surface area contributed by atoms with Crippen LogP contribution in [0.1, 0.15) is 54.4 Å². The second-order valence-electron chi connectivity index (χ2n) is 9.16. The van der Waals surface area contributed by atoms with Crippen molar-refractivity contribution in [1.29, 1.82) is 0 Å². The van der Waals surface area contributed by atoms with E-state index in [0.717, 1.165) is 42.0 Å². The molecule has 1 fully saturated rings. The van der Waals surface area contributed by atoms with Crippen LogP contribution in [0.2, 0.25) is 5.02 Å². The minimum Gasteiger partial charge on any atom is -0.385 e. The van der Waals surface area contributed by atoms with E-state index < -0.39 is 0 Å². The summed E-state index contributed by atoms with van der Waals surface area (Å²) in [6.45, 7) is 1.53. The topological polar surface area (TPSA) is 58.8 Å². The predicted octanol–water partition coefficient (Wildman–Crippen LogP) is 6.44. The van der Waals surface area contributed by atoms with E-state index in [0.29, 0.717) is 36.3 Å². The van der Waals surface area contributed by atoms with Crippen molar-refractivity contribution in [2.75, 3.05) is 32.2 Å². The highest BCUT2D eigenvalue weighted by atomic mass is 35.5. The number of halogens is 1. The maximum Gasteiger partial charge on any atom is 0.254 e. The van der Waals surface area contributed by atoms with Crippen LogP contribution in [0.4, 0.5) is 5.88 Å². The van der Waals surface area contributed by atoms with Gasteiger partial charge in [0.2, 0.25) is 5.88 Å². The molecule has 0 saturated heterocycles. The SMILES string of the molecule is COCCCN(Cc1c(-c2ccccc2)noc1N(C)C1CCCCC1)C(=O)c1ccc(Cl)cc1. The molecule has 1 heterocycles. The molecule has 7 heteroatoms. The fraction of sp³-hybridized carbons (Fsp3) is 0.429. The third-order valence-electron chi connectivity index (χ3n) is 6.76. The molecule has 0 unspecified atom stereocenters. The number of carbonyl (C=O) groups excluding carboxylic acids is 1. The molecule has 0 N–H and O–H groups in total. The van der Waals surface area contributed by atoms with Crippen molar-refractivity contribution in [1.82, 2.24) is 10.1 Å². The number of methoxy groups -OCH3 is 1. The number of nitrogens with zero attached hydrogens (tertiary/aromatic N) is 3. The number of aromatic nitrogens is 1. The fourth-order valence-electron chi connectivity index (χ4n) is 4.80. The van der Waals surface area contributed by atoms with E-state index in [1.807, 2.05) is 35.2 Å². The van der Waals surface area contributed by atoms with Crippen molar-refractivity contribution in [3.05, 3.63) is 70.7 Å². The van der Waals surface area contributed by atoms with E-state index in [1.54, 1.807) is 31.4 Å². The van der Waals surface area contributed by atoms with Crippen LogP contribution in [0.15, 0.2) is 59.1 Å². The van der Waals surface area contributed by atoms with E-state index in [4.69, 9.17) is 20.9 Å². The number of rotatable bonds is 10. The monoisotopic (exact) mass is 495 g/mol. The standard InChI is InChI=1S/C28H34ClN3O3/c1-31(24-12-7-4-8-13-24)28-25(26(30-35-28)21-10-5-3-6-11-21)20-32(18-9-19-34-2)27(33)22-14-16-23(29)17-15-22/h3,5-6,10-11,14-17,24H,4,7-9,12-13,18-20H2,1-2H3. The van der Waals surface area contributed by atoms with Gasteiger partial charge in [0, 0.05) is 49.5 Å². The van der Waals surface area contributed by atoms with Gasteiger partial charge in [0.15, 0.2) is 0 Å². The summed E-state index contributed by atoms with van der Waals surface area (Å²) in [4.78, 5) is 17.7. The third-order valence-corrected chi connectivity index (χ3v) is 7.01. The average molecular weight is 496 g/mol. The molecule has 1 aromatic heterocycles. The van der Waals surface area contributed by atoms with Gasteiger partial charge >= 0.3 is 0 Å². The molecule has 35 heavy (non-hydrogen) atoms. The Morgan fingerprint density at radius 2 is 1.80 bits per heavy atom. The first-order valence-corrected chi connectivity index (χ1v) is 12.8. The summed E-state index contributed by atoms with van der Waals surface area (Å²) in [5.41, 5.74) is 3.30. The van der Waals surface area contributed by atoms with Gasteiger partial charge in [0.25, 0.3) is 5.91 Å². The third kappa shape index (κ3) is 6.24. The predicted molar refractivity (Wildman–Crippen MR) is 140 cm³/mol. The summed E-state index contributed by atoms with van der Waals surface area (Å²) in [5.74, 6) is 0.695. The zero-order valence-electron chi connectivity index (χ0n) is 20.6. The van der Waals surface area contributed by atoms with Crippen molar-refractivity contribution in [3.8, 4) is 11.3 Å². The number of anilines is 1. The second-order valence-corrected chi connectivity index (χ2v) is 9.60. The lowest BCUT2D eigenvalue weighted by atomic mass is 9.94. The van der Waals surface area contributed by atoms with Crippen LogP contribution in [0.5, 0.6) is 0 Å². The Morgan fingerprint density at radius 1 is 1.09 bits per heavy atom. The molecule has 2 aromatic carbocycles. The van der Waals surface area contributed by atoms with Crippen molar-refractivity contribution in [3.63, 3.8) is 0 Å². The molecular formula is C28H34ClN3O3. The van der Waals surface area contributed by atoms with Gasteiger partial charge < -0.3 is 19.1 Å². The largest absolute Gasteiger partial charge is 0.385 e. The molecule has 0 spiro atoms. The first-order valence-electron chi connectivity index (χ1n) is 12.4. The zero-order valence-corrected chi connectivity index (χ0v) is 21.3. The number of hydrogen-bond donors (Lipinski definition) is 0. The summed E-state index contributed by atoms with van der Waals surface area (Å²) in [7, 11) is 3.77. The quantitative estimate of drug-likeness (QED) is 0.303. The Labute approximate surface area is 212 Å². The second kappa shape index (κ2) is 12.2. The molecular weight excluding hydrogens is 462 g/mol. The summed E-state index contributed by atoms with van der Waals surface area (Å²) < 4.78 is 11.3. The van der Waals surface area contributed by atoms with Gasteiger partial charge in [0.05, 0.1) is 12.1 Å². The Balaban J connectivity index is 1.69. The molecule has 4 rings (SSSR count). The first-order chi connectivity index (χ1) is 17.1. The van der Waals surface area contributed by atoms with Gasteiger partial charge in [-0.25, -0.2) is 0 Å². The summed E-state index contributed by atoms with van der Waals surface area (Å²) in [6, 6.07) is 17.5. The number of carbonyl (C=O) groups is 1. The fourth-order valence-corrected chi connectivity index (χ4v) is 4.92. The van der Waals surface area contributed by atoms with Crippen LogP contribution >= 0.6 is 11.6 Å². The van der Waals surface area contributed by atoms with Crippen LogP contribution in [0.25, 0.3) is 11.3 Å². The van der Waals surface area contributed by atoms with E-state index >= 15 is 0 Å². The first kappa shape index (κ1) is 25.3. The maximum atomic E-state index is 13.6. The van der Waals surface area contributed by atoms with Crippen LogP contribution in [0.3, 0.4) is 0 Å². The van der Waals surface area contributed by atoms with Gasteiger partial charge in [-0.15, -0.1) is 0 Å². The lowest BCUT2D eigenvalue weighted by Gasteiger charge is -2.32. The minimum absolute atomic E-state index is 0.0516. The molecule has 1 aliphatic rings. The van der Waals surface area contributed by atoms with Gasteiger partial charge in [0.1, 0.15) is 5.69 Å². The number of amides is 1. The Morgan fingerprint density at radius 3 is 2.49 bits per heavy atom. The van der Waals surface area contributed by atoms with E-state index in [-0.39, 0.29) is 5.91 Å². The molecule has 3 aromatic rings. The molecule has 0 atom stereocenters. The highest BCUT2D eigenvalue weighted by Gasteiger charge is 2.29. The van der Waals surface area contributed by atoms with E-state index in [2.05, 4.69) is 17.1 Å². The van der Waals surface area contributed by atoms with Crippen LogP contribution in [-0.2, 0) is 11.3 Å². The lowest BCUT2D eigenvalue weighted by Crippen LogP contribution is -2.35. The minimum atomic E-state index is -0.0516. The lowest BCUT2D eigenvalue weighted by molar-refractivity contribution is 0.0724. The van der Waals surface area contributed by atoms with Gasteiger partial charge in [-0.2, -0.15) is 0 Å². The van der Waals surface area contributed by atoms with Crippen molar-refractivity contribution in [2.45, 2.75) is 51.1 Å². The Kier molecular flexibility index (Phi) is 8.83. The summed E-state index contributed by atoms with van der Waals surface area (Å²) in [5, 5.41) is 5.10. The zero-order chi connectivity index (χ0) is 24.6. The van der Waals surface area contributed by atoms with Crippen LogP contribution in [-0.4, -0.2) is 49.3 Å². The van der Waals surface area contributed by atoms with Crippen molar-refractivity contribution >= 4 is 23.4 Å². The van der Waals surface area contributed by atoms with E-state index in [1.165, 1.54) is 19.3 Å². The molecule has 0 radical (unpaired) electrons. The van der Waals surface area contributed by atoms with Gasteiger partial charge in [-0.05, 0) is 43.5 Å². The molecule has 0 bridgehead atoms. The smallest absolute Gasteiger partial charge is 0.254 e. The maximum absolute atomic E-state index is 13.6. The number of ether oxygens (including phenoxy) is 1. The van der Waals surface area contributed by atoms with Crippen molar-refractivity contribution < 1.29 is 14.1 Å². The molecule has 0 aliphatic heterocycles. The molecule has 186 valence electrons. The van der Waals surface area contributed by atoms with E-state index in [9.17, 15) is 4.79 Å². The van der Waals surface area contributed by atoms with Crippen molar-refractivity contribution in [2.24, 2.45) is 0 Å². The summed E-state index contributed by atoms with van der Waals surface area (Å²) >= 11 is 6.06.